The van der Waals surface area contributed by atoms with Gasteiger partial charge in [0.25, 0.3) is 0 Å². The zero-order valence-electron chi connectivity index (χ0n) is 16.6. The highest BCUT2D eigenvalue weighted by Crippen LogP contribution is 2.26. The Balaban J connectivity index is 1.80. The first kappa shape index (κ1) is 20.7. The van der Waals surface area contributed by atoms with Gasteiger partial charge in [0.1, 0.15) is 11.8 Å². The van der Waals surface area contributed by atoms with E-state index in [0.29, 0.717) is 0 Å². The lowest BCUT2D eigenvalue weighted by molar-refractivity contribution is -0.890. The van der Waals surface area contributed by atoms with E-state index in [9.17, 15) is 0 Å². The summed E-state index contributed by atoms with van der Waals surface area (Å²) in [5.41, 5.74) is 2.31. The molecule has 0 aliphatic carbocycles. The Labute approximate surface area is 175 Å². The fraction of sp³-hybridized carbons (Fsp3) is 0.333. The van der Waals surface area contributed by atoms with Crippen LogP contribution in [-0.4, -0.2) is 41.7 Å². The molecule has 1 atom stereocenters. The van der Waals surface area contributed by atoms with Crippen molar-refractivity contribution in [3.05, 3.63) is 64.9 Å². The van der Waals surface area contributed by atoms with Crippen molar-refractivity contribution < 1.29 is 9.64 Å². The lowest BCUT2D eigenvalue weighted by Gasteiger charge is -2.18. The summed E-state index contributed by atoms with van der Waals surface area (Å²) in [7, 11) is 5.94. The first-order valence-electron chi connectivity index (χ1n) is 9.26. The molecule has 1 aromatic heterocycles. The Morgan fingerprint density at radius 1 is 1.07 bits per heavy atom. The summed E-state index contributed by atoms with van der Waals surface area (Å²) in [5, 5.41) is 10.6. The van der Waals surface area contributed by atoms with E-state index in [4.69, 9.17) is 16.3 Å². The normalized spacial score (nSPS) is 12.4. The van der Waals surface area contributed by atoms with Crippen LogP contribution in [-0.2, 0) is 6.42 Å². The smallest absolute Gasteiger partial charge is 0.196 e. The zero-order valence-corrected chi connectivity index (χ0v) is 18.2. The van der Waals surface area contributed by atoms with Crippen LogP contribution in [0.3, 0.4) is 0 Å². The molecule has 148 valence electrons. The molecule has 1 N–H and O–H groups in total. The number of halogens is 1. The van der Waals surface area contributed by atoms with E-state index in [-0.39, 0.29) is 6.04 Å². The standard InChI is InChI=1S/C21H25ClN4OS/c1-15(25(2)3)20-23-24-21(26(20)18-9-7-17(22)8-10-18)28-14-13-16-5-11-19(27-4)12-6-16/h5-12,15H,13-14H2,1-4H3/p+1/t15-/m1/s1. The number of hydrogen-bond acceptors (Lipinski definition) is 4. The van der Waals surface area contributed by atoms with E-state index in [0.717, 1.165) is 39.6 Å². The minimum atomic E-state index is 0.221. The summed E-state index contributed by atoms with van der Waals surface area (Å²) in [6.45, 7) is 2.16. The lowest BCUT2D eigenvalue weighted by Crippen LogP contribution is -3.05. The van der Waals surface area contributed by atoms with Gasteiger partial charge in [0.2, 0.25) is 0 Å². The molecule has 5 nitrogen and oxygen atoms in total. The maximum absolute atomic E-state index is 6.08. The maximum atomic E-state index is 6.08. The molecule has 28 heavy (non-hydrogen) atoms. The van der Waals surface area contributed by atoms with Crippen molar-refractivity contribution in [2.75, 3.05) is 27.0 Å². The SMILES string of the molecule is COc1ccc(CCSc2nnc([C@@H](C)[NH+](C)C)n2-c2ccc(Cl)cc2)cc1. The number of aryl methyl sites for hydroxylation is 1. The van der Waals surface area contributed by atoms with E-state index >= 15 is 0 Å². The van der Waals surface area contributed by atoms with E-state index in [2.05, 4.69) is 47.9 Å². The molecule has 0 fully saturated rings. The van der Waals surface area contributed by atoms with E-state index < -0.39 is 0 Å². The van der Waals surface area contributed by atoms with Crippen LogP contribution in [0, 0.1) is 0 Å². The molecule has 0 saturated carbocycles. The number of quaternary nitrogens is 1. The third-order valence-corrected chi connectivity index (χ3v) is 5.96. The van der Waals surface area contributed by atoms with E-state index in [1.807, 2.05) is 36.4 Å². The minimum absolute atomic E-state index is 0.221. The van der Waals surface area contributed by atoms with Crippen LogP contribution in [0.2, 0.25) is 5.02 Å². The van der Waals surface area contributed by atoms with Gasteiger partial charge in [0.05, 0.1) is 21.2 Å². The molecule has 2 aromatic carbocycles. The van der Waals surface area contributed by atoms with Gasteiger partial charge in [0.15, 0.2) is 11.0 Å². The number of benzene rings is 2. The van der Waals surface area contributed by atoms with Gasteiger partial charge in [-0.3, -0.25) is 4.57 Å². The Morgan fingerprint density at radius 2 is 1.75 bits per heavy atom. The molecule has 3 rings (SSSR count). The maximum Gasteiger partial charge on any atom is 0.196 e. The first-order chi connectivity index (χ1) is 13.5. The second kappa shape index (κ2) is 9.45. The number of nitrogens with zero attached hydrogens (tertiary/aromatic N) is 3. The number of hydrogen-bond donors (Lipinski definition) is 1. The highest BCUT2D eigenvalue weighted by Gasteiger charge is 2.23. The number of thioether (sulfide) groups is 1. The third kappa shape index (κ3) is 4.87. The quantitative estimate of drug-likeness (QED) is 0.570. The summed E-state index contributed by atoms with van der Waals surface area (Å²) >= 11 is 7.80. The minimum Gasteiger partial charge on any atom is -0.497 e. The number of rotatable bonds is 8. The molecule has 0 unspecified atom stereocenters. The molecular weight excluding hydrogens is 392 g/mol. The highest BCUT2D eigenvalue weighted by atomic mass is 35.5. The molecule has 7 heteroatoms. The predicted octanol–water partition coefficient (Wildman–Crippen LogP) is 3.47. The average Bonchev–Trinajstić information content (AvgIpc) is 3.12. The Bertz CT molecular complexity index is 894. The largest absolute Gasteiger partial charge is 0.497 e. The van der Waals surface area contributed by atoms with Crippen LogP contribution < -0.4 is 9.64 Å². The molecule has 3 aromatic rings. The van der Waals surface area contributed by atoms with E-state index in [1.165, 1.54) is 10.5 Å². The topological polar surface area (TPSA) is 44.4 Å². The second-order valence-electron chi connectivity index (χ2n) is 6.90. The van der Waals surface area contributed by atoms with Crippen LogP contribution in [0.5, 0.6) is 5.75 Å². The number of aromatic nitrogens is 3. The summed E-state index contributed by atoms with van der Waals surface area (Å²) in [5.74, 6) is 2.75. The van der Waals surface area contributed by atoms with Gasteiger partial charge in [0, 0.05) is 16.5 Å². The van der Waals surface area contributed by atoms with Crippen LogP contribution in [0.4, 0.5) is 0 Å². The van der Waals surface area contributed by atoms with Gasteiger partial charge in [-0.1, -0.05) is 35.5 Å². The lowest BCUT2D eigenvalue weighted by atomic mass is 10.2. The van der Waals surface area contributed by atoms with Crippen molar-refractivity contribution in [2.45, 2.75) is 24.5 Å². The first-order valence-corrected chi connectivity index (χ1v) is 10.6. The van der Waals surface area contributed by atoms with Crippen LogP contribution in [0.15, 0.2) is 53.7 Å². The summed E-state index contributed by atoms with van der Waals surface area (Å²) in [4.78, 5) is 1.30. The number of ether oxygens (including phenoxy) is 1. The van der Waals surface area contributed by atoms with Gasteiger partial charge in [-0.15, -0.1) is 10.2 Å². The highest BCUT2D eigenvalue weighted by molar-refractivity contribution is 7.99. The van der Waals surface area contributed by atoms with Crippen molar-refractivity contribution in [3.8, 4) is 11.4 Å². The Morgan fingerprint density at radius 3 is 2.36 bits per heavy atom. The Kier molecular flexibility index (Phi) is 6.99. The number of nitrogens with one attached hydrogen (secondary N) is 1. The van der Waals surface area contributed by atoms with Gasteiger partial charge < -0.3 is 9.64 Å². The fourth-order valence-corrected chi connectivity index (χ4v) is 3.87. The molecule has 0 saturated heterocycles. The molecule has 0 amide bonds. The average molecular weight is 418 g/mol. The fourth-order valence-electron chi connectivity index (χ4n) is 2.80. The van der Waals surface area contributed by atoms with Crippen LogP contribution >= 0.6 is 23.4 Å². The summed E-state index contributed by atoms with van der Waals surface area (Å²) in [6, 6.07) is 16.3. The van der Waals surface area contributed by atoms with Crippen molar-refractivity contribution in [1.82, 2.24) is 14.8 Å². The zero-order chi connectivity index (χ0) is 20.1. The van der Waals surface area contributed by atoms with Gasteiger partial charge in [-0.2, -0.15) is 0 Å². The van der Waals surface area contributed by atoms with Crippen molar-refractivity contribution in [1.29, 1.82) is 0 Å². The summed E-state index contributed by atoms with van der Waals surface area (Å²) < 4.78 is 7.37. The van der Waals surface area contributed by atoms with Gasteiger partial charge in [-0.05, 0) is 55.3 Å². The molecule has 0 aliphatic heterocycles. The molecule has 0 radical (unpaired) electrons. The monoisotopic (exact) mass is 417 g/mol. The van der Waals surface area contributed by atoms with Crippen molar-refractivity contribution in [3.63, 3.8) is 0 Å². The predicted molar refractivity (Wildman–Crippen MR) is 115 cm³/mol. The second-order valence-corrected chi connectivity index (χ2v) is 8.40. The third-order valence-electron chi connectivity index (χ3n) is 4.78. The van der Waals surface area contributed by atoms with Crippen molar-refractivity contribution in [2.24, 2.45) is 0 Å². The molecule has 0 bridgehead atoms. The Hall–Kier alpha value is -2.02. The van der Waals surface area contributed by atoms with Gasteiger partial charge >= 0.3 is 0 Å². The van der Waals surface area contributed by atoms with Crippen molar-refractivity contribution >= 4 is 23.4 Å². The number of methoxy groups -OCH3 is 1. The molecular formula is C21H26ClN4OS+. The van der Waals surface area contributed by atoms with Crippen LogP contribution in [0.1, 0.15) is 24.4 Å². The van der Waals surface area contributed by atoms with Gasteiger partial charge in [-0.25, -0.2) is 0 Å². The van der Waals surface area contributed by atoms with E-state index in [1.54, 1.807) is 18.9 Å². The molecule has 0 spiro atoms. The van der Waals surface area contributed by atoms with Crippen LogP contribution in [0.25, 0.3) is 5.69 Å². The summed E-state index contributed by atoms with van der Waals surface area (Å²) in [6.07, 6.45) is 0.950. The molecule has 1 heterocycles. The molecule has 0 aliphatic rings.